The minimum atomic E-state index is -0.620. The molecule has 0 atom stereocenters. The first kappa shape index (κ1) is 21.6. The molecular weight excluding hydrogens is 439 g/mol. The molecular formula is C22H22Cl2N4O3. The van der Waals surface area contributed by atoms with Crippen molar-refractivity contribution in [3.63, 3.8) is 0 Å². The molecule has 162 valence electrons. The first-order valence-electron chi connectivity index (χ1n) is 9.91. The summed E-state index contributed by atoms with van der Waals surface area (Å²) < 4.78 is 5.12. The molecule has 1 saturated heterocycles. The number of nitrogens with one attached hydrogen (secondary N) is 2. The van der Waals surface area contributed by atoms with Crippen LogP contribution in [0, 0.1) is 0 Å². The SMILES string of the molecule is COc1ccc(NC(=O)CN2CCC3(CC2)N=C(c2cccc(Cl)c2)C(=O)N3)cc1Cl. The van der Waals surface area contributed by atoms with E-state index in [0.717, 1.165) is 0 Å². The van der Waals surface area contributed by atoms with Crippen LogP contribution in [0.5, 0.6) is 5.75 Å². The van der Waals surface area contributed by atoms with Crippen molar-refractivity contribution in [2.75, 3.05) is 32.1 Å². The molecule has 1 fully saturated rings. The second-order valence-electron chi connectivity index (χ2n) is 7.63. The smallest absolute Gasteiger partial charge is 0.272 e. The third-order valence-electron chi connectivity index (χ3n) is 5.47. The van der Waals surface area contributed by atoms with Crippen LogP contribution in [0.3, 0.4) is 0 Å². The molecule has 2 aliphatic heterocycles. The molecule has 9 heteroatoms. The fourth-order valence-corrected chi connectivity index (χ4v) is 4.31. The number of methoxy groups -OCH3 is 1. The molecule has 2 heterocycles. The van der Waals surface area contributed by atoms with Crippen LogP contribution in [0.25, 0.3) is 0 Å². The van der Waals surface area contributed by atoms with Crippen molar-refractivity contribution >= 4 is 46.4 Å². The zero-order valence-corrected chi connectivity index (χ0v) is 18.5. The number of aliphatic imine (C=N–C) groups is 1. The van der Waals surface area contributed by atoms with Gasteiger partial charge in [0.1, 0.15) is 17.1 Å². The Morgan fingerprint density at radius 2 is 2.00 bits per heavy atom. The van der Waals surface area contributed by atoms with E-state index in [0.29, 0.717) is 58.7 Å². The summed E-state index contributed by atoms with van der Waals surface area (Å²) in [7, 11) is 1.54. The van der Waals surface area contributed by atoms with E-state index in [1.54, 1.807) is 36.4 Å². The van der Waals surface area contributed by atoms with Crippen molar-refractivity contribution in [1.82, 2.24) is 10.2 Å². The molecule has 0 unspecified atom stereocenters. The third kappa shape index (κ3) is 4.84. The normalized spacial score (nSPS) is 17.9. The summed E-state index contributed by atoms with van der Waals surface area (Å²) in [5.74, 6) is 0.234. The fourth-order valence-electron chi connectivity index (χ4n) is 3.86. The van der Waals surface area contributed by atoms with Gasteiger partial charge in [-0.1, -0.05) is 35.3 Å². The summed E-state index contributed by atoms with van der Waals surface area (Å²) in [4.78, 5) is 31.7. The van der Waals surface area contributed by atoms with Crippen LogP contribution in [0.15, 0.2) is 47.5 Å². The number of halogens is 2. The zero-order valence-electron chi connectivity index (χ0n) is 17.0. The average molecular weight is 461 g/mol. The molecule has 2 amide bonds. The Hall–Kier alpha value is -2.61. The van der Waals surface area contributed by atoms with Crippen molar-refractivity contribution in [2.45, 2.75) is 18.5 Å². The number of benzene rings is 2. The maximum Gasteiger partial charge on any atom is 0.272 e. The quantitative estimate of drug-likeness (QED) is 0.716. The molecule has 0 saturated carbocycles. The van der Waals surface area contributed by atoms with Crippen LogP contribution in [0.1, 0.15) is 18.4 Å². The van der Waals surface area contributed by atoms with Gasteiger partial charge in [-0.2, -0.15) is 0 Å². The largest absolute Gasteiger partial charge is 0.495 e. The highest BCUT2D eigenvalue weighted by Crippen LogP contribution is 2.30. The molecule has 0 aliphatic carbocycles. The van der Waals surface area contributed by atoms with Crippen LogP contribution in [-0.2, 0) is 9.59 Å². The number of hydrogen-bond acceptors (Lipinski definition) is 5. The van der Waals surface area contributed by atoms with Crippen molar-refractivity contribution in [2.24, 2.45) is 4.99 Å². The maximum absolute atomic E-state index is 12.5. The minimum Gasteiger partial charge on any atom is -0.495 e. The Balaban J connectivity index is 1.35. The monoisotopic (exact) mass is 460 g/mol. The predicted octanol–water partition coefficient (Wildman–Crippen LogP) is 3.35. The molecule has 2 aromatic rings. The van der Waals surface area contributed by atoms with Gasteiger partial charge in [0.15, 0.2) is 0 Å². The lowest BCUT2D eigenvalue weighted by molar-refractivity contribution is -0.119. The third-order valence-corrected chi connectivity index (χ3v) is 6.00. The Morgan fingerprint density at radius 3 is 2.68 bits per heavy atom. The number of carbonyl (C=O) groups is 2. The summed E-state index contributed by atoms with van der Waals surface area (Å²) in [6.07, 6.45) is 1.26. The second-order valence-corrected chi connectivity index (χ2v) is 8.47. The number of likely N-dealkylation sites (tertiary alicyclic amines) is 1. The van der Waals surface area contributed by atoms with Gasteiger partial charge in [-0.15, -0.1) is 0 Å². The lowest BCUT2D eigenvalue weighted by atomic mass is 9.98. The average Bonchev–Trinajstić information content (AvgIpc) is 3.06. The number of piperidine rings is 1. The number of rotatable bonds is 5. The fraction of sp³-hybridized carbons (Fsp3) is 0.318. The van der Waals surface area contributed by atoms with Gasteiger partial charge in [0.2, 0.25) is 5.91 Å². The molecule has 31 heavy (non-hydrogen) atoms. The summed E-state index contributed by atoms with van der Waals surface area (Å²) >= 11 is 12.2. The molecule has 0 radical (unpaired) electrons. The first-order valence-corrected chi connectivity index (χ1v) is 10.7. The molecule has 0 bridgehead atoms. The molecule has 2 N–H and O–H groups in total. The number of ether oxygens (including phenoxy) is 1. The Morgan fingerprint density at radius 1 is 1.23 bits per heavy atom. The van der Waals surface area contributed by atoms with Crippen LogP contribution < -0.4 is 15.4 Å². The molecule has 2 aliphatic rings. The highest BCUT2D eigenvalue weighted by molar-refractivity contribution is 6.47. The van der Waals surface area contributed by atoms with Crippen molar-refractivity contribution in [1.29, 1.82) is 0 Å². The van der Waals surface area contributed by atoms with Gasteiger partial charge < -0.3 is 15.4 Å². The van der Waals surface area contributed by atoms with Crippen LogP contribution >= 0.6 is 23.2 Å². The lowest BCUT2D eigenvalue weighted by Crippen LogP contribution is -2.52. The van der Waals surface area contributed by atoms with E-state index in [9.17, 15) is 9.59 Å². The van der Waals surface area contributed by atoms with Crippen molar-refractivity contribution in [3.8, 4) is 5.75 Å². The number of hydrogen-bond donors (Lipinski definition) is 2. The van der Waals surface area contributed by atoms with E-state index in [1.807, 2.05) is 11.0 Å². The molecule has 7 nitrogen and oxygen atoms in total. The van der Waals surface area contributed by atoms with Crippen LogP contribution in [0.2, 0.25) is 10.0 Å². The first-order chi connectivity index (χ1) is 14.9. The van der Waals surface area contributed by atoms with Crippen molar-refractivity contribution < 1.29 is 14.3 Å². The van der Waals surface area contributed by atoms with Crippen molar-refractivity contribution in [3.05, 3.63) is 58.1 Å². The molecule has 0 aromatic heterocycles. The van der Waals surface area contributed by atoms with Gasteiger partial charge in [-0.25, -0.2) is 0 Å². The van der Waals surface area contributed by atoms with E-state index in [-0.39, 0.29) is 18.4 Å². The van der Waals surface area contributed by atoms with Gasteiger partial charge in [-0.05, 0) is 30.3 Å². The number of anilines is 1. The Labute approximate surface area is 190 Å². The van der Waals surface area contributed by atoms with Gasteiger partial charge in [-0.3, -0.25) is 19.5 Å². The van der Waals surface area contributed by atoms with E-state index in [4.69, 9.17) is 32.9 Å². The van der Waals surface area contributed by atoms with E-state index in [2.05, 4.69) is 10.6 Å². The Bertz CT molecular complexity index is 1050. The van der Waals surface area contributed by atoms with Gasteiger partial charge in [0, 0.05) is 42.2 Å². The lowest BCUT2D eigenvalue weighted by Gasteiger charge is -2.36. The number of nitrogens with zero attached hydrogens (tertiary/aromatic N) is 2. The van der Waals surface area contributed by atoms with Crippen LogP contribution in [-0.4, -0.2) is 54.8 Å². The maximum atomic E-state index is 12.5. The summed E-state index contributed by atoms with van der Waals surface area (Å²) in [5, 5.41) is 6.88. The topological polar surface area (TPSA) is 83.0 Å². The minimum absolute atomic E-state index is 0.129. The molecule has 1 spiro atoms. The van der Waals surface area contributed by atoms with E-state index >= 15 is 0 Å². The summed E-state index contributed by atoms with van der Waals surface area (Å²) in [6.45, 7) is 1.53. The summed E-state index contributed by atoms with van der Waals surface area (Å²) in [5.41, 5.74) is 1.11. The zero-order chi connectivity index (χ0) is 22.0. The van der Waals surface area contributed by atoms with Gasteiger partial charge >= 0.3 is 0 Å². The van der Waals surface area contributed by atoms with E-state index < -0.39 is 5.66 Å². The highest BCUT2D eigenvalue weighted by atomic mass is 35.5. The van der Waals surface area contributed by atoms with E-state index in [1.165, 1.54) is 7.11 Å². The van der Waals surface area contributed by atoms with Gasteiger partial charge in [0.25, 0.3) is 5.91 Å². The summed E-state index contributed by atoms with van der Waals surface area (Å²) in [6, 6.07) is 12.2. The van der Waals surface area contributed by atoms with Gasteiger partial charge in [0.05, 0.1) is 18.7 Å². The highest BCUT2D eigenvalue weighted by Gasteiger charge is 2.42. The standard InChI is InChI=1S/C22H22Cl2N4O3/c1-31-18-6-5-16(12-17(18)24)25-19(29)13-28-9-7-22(8-10-28)26-20(21(30)27-22)14-3-2-4-15(23)11-14/h2-6,11-12H,7-10,13H2,1H3,(H,25,29)(H,27,30). The van der Waals surface area contributed by atoms with Crippen LogP contribution in [0.4, 0.5) is 5.69 Å². The molecule has 2 aromatic carbocycles. The molecule has 4 rings (SSSR count). The second kappa shape index (κ2) is 8.86. The number of amides is 2. The number of carbonyl (C=O) groups excluding carboxylic acids is 2. The Kier molecular flexibility index (Phi) is 6.18. The predicted molar refractivity (Wildman–Crippen MR) is 121 cm³/mol.